The van der Waals surface area contributed by atoms with E-state index in [1.165, 1.54) is 29.2 Å². The first kappa shape index (κ1) is 21.0. The highest BCUT2D eigenvalue weighted by Crippen LogP contribution is 2.24. The molecule has 1 atom stereocenters. The highest BCUT2D eigenvalue weighted by atomic mass is 19.4. The number of benzene rings is 1. The van der Waals surface area contributed by atoms with E-state index in [0.29, 0.717) is 16.7 Å². The molecule has 1 N–H and O–H groups in total. The monoisotopic (exact) mass is 418 g/mol. The largest absolute Gasteiger partial charge is 0.573 e. The summed E-state index contributed by atoms with van der Waals surface area (Å²) in [6.07, 6.45) is 1.00. The third-order valence-electron chi connectivity index (χ3n) is 4.20. The van der Waals surface area contributed by atoms with Crippen LogP contribution in [0.5, 0.6) is 5.75 Å². The maximum atomic E-state index is 12.6. The normalized spacial score (nSPS) is 12.3. The number of rotatable bonds is 6. The lowest BCUT2D eigenvalue weighted by atomic mass is 10.1. The molecule has 30 heavy (non-hydrogen) atoms. The summed E-state index contributed by atoms with van der Waals surface area (Å²) >= 11 is 0. The van der Waals surface area contributed by atoms with Gasteiger partial charge in [0.1, 0.15) is 12.3 Å². The van der Waals surface area contributed by atoms with Crippen LogP contribution in [-0.2, 0) is 11.3 Å². The number of amides is 1. The molecule has 0 saturated heterocycles. The van der Waals surface area contributed by atoms with Crippen molar-refractivity contribution < 1.29 is 22.7 Å². The van der Waals surface area contributed by atoms with Crippen LogP contribution >= 0.6 is 0 Å². The van der Waals surface area contributed by atoms with Crippen LogP contribution in [0.1, 0.15) is 18.5 Å². The Hall–Kier alpha value is -3.69. The van der Waals surface area contributed by atoms with Gasteiger partial charge in [-0.15, -0.1) is 13.2 Å². The number of aromatic nitrogens is 3. The average Bonchev–Trinajstić information content (AvgIpc) is 2.69. The van der Waals surface area contributed by atoms with Gasteiger partial charge in [0.15, 0.2) is 0 Å². The van der Waals surface area contributed by atoms with Crippen molar-refractivity contribution in [2.45, 2.75) is 25.9 Å². The molecule has 2 aromatic heterocycles. The van der Waals surface area contributed by atoms with E-state index in [1.54, 1.807) is 31.5 Å². The lowest BCUT2D eigenvalue weighted by Crippen LogP contribution is -2.34. The molecule has 1 amide bonds. The lowest BCUT2D eigenvalue weighted by Gasteiger charge is -2.16. The smallest absolute Gasteiger partial charge is 0.406 e. The zero-order valence-corrected chi connectivity index (χ0v) is 15.8. The fourth-order valence-electron chi connectivity index (χ4n) is 2.78. The minimum absolute atomic E-state index is 0.260. The van der Waals surface area contributed by atoms with E-state index in [2.05, 4.69) is 20.0 Å². The van der Waals surface area contributed by atoms with Crippen LogP contribution in [0.2, 0.25) is 0 Å². The van der Waals surface area contributed by atoms with Crippen molar-refractivity contribution in [3.63, 3.8) is 0 Å². The lowest BCUT2D eigenvalue weighted by molar-refractivity contribution is -0.274. The summed E-state index contributed by atoms with van der Waals surface area (Å²) in [6.45, 7) is 1.41. The quantitative estimate of drug-likeness (QED) is 0.665. The van der Waals surface area contributed by atoms with Gasteiger partial charge in [-0.1, -0.05) is 12.1 Å². The van der Waals surface area contributed by atoms with Gasteiger partial charge in [0.05, 0.1) is 17.9 Å². The van der Waals surface area contributed by atoms with Crippen molar-refractivity contribution in [3.8, 4) is 16.9 Å². The molecule has 0 unspecified atom stereocenters. The fourth-order valence-corrected chi connectivity index (χ4v) is 2.78. The van der Waals surface area contributed by atoms with Crippen LogP contribution < -0.4 is 15.6 Å². The molecular formula is C20H17F3N4O3. The number of nitrogens with one attached hydrogen (secondary N) is 1. The van der Waals surface area contributed by atoms with Gasteiger partial charge in [-0.25, -0.2) is 4.98 Å². The van der Waals surface area contributed by atoms with E-state index in [0.717, 1.165) is 12.1 Å². The third kappa shape index (κ3) is 5.43. The Balaban J connectivity index is 1.66. The van der Waals surface area contributed by atoms with E-state index in [1.807, 2.05) is 0 Å². The van der Waals surface area contributed by atoms with Gasteiger partial charge in [-0.2, -0.15) is 0 Å². The van der Waals surface area contributed by atoms with Crippen molar-refractivity contribution in [1.82, 2.24) is 19.9 Å². The molecule has 156 valence electrons. The number of alkyl halides is 3. The molecule has 3 rings (SSSR count). The van der Waals surface area contributed by atoms with E-state index in [4.69, 9.17) is 0 Å². The maximum absolute atomic E-state index is 12.6. The first-order valence-electron chi connectivity index (χ1n) is 8.83. The molecule has 0 radical (unpaired) electrons. The molecule has 0 aliphatic carbocycles. The summed E-state index contributed by atoms with van der Waals surface area (Å²) in [4.78, 5) is 32.9. The molecule has 0 saturated carbocycles. The molecule has 2 heterocycles. The van der Waals surface area contributed by atoms with Gasteiger partial charge in [-0.05, 0) is 42.3 Å². The SMILES string of the molecule is C[C@H](NC(=O)Cn1cncc(-c2ccncc2)c1=O)c1ccc(OC(F)(F)F)cc1. The Morgan fingerprint density at radius 3 is 2.43 bits per heavy atom. The molecule has 3 aromatic rings. The second-order valence-corrected chi connectivity index (χ2v) is 6.38. The molecule has 0 fully saturated rings. The summed E-state index contributed by atoms with van der Waals surface area (Å²) in [6, 6.07) is 8.00. The molecule has 7 nitrogen and oxygen atoms in total. The van der Waals surface area contributed by atoms with Gasteiger partial charge in [-0.3, -0.25) is 19.1 Å². The molecule has 1 aromatic carbocycles. The van der Waals surface area contributed by atoms with Crippen LogP contribution in [0, 0.1) is 0 Å². The Morgan fingerprint density at radius 1 is 1.13 bits per heavy atom. The van der Waals surface area contributed by atoms with Crippen molar-refractivity contribution in [3.05, 3.63) is 77.2 Å². The number of carbonyl (C=O) groups is 1. The van der Waals surface area contributed by atoms with Gasteiger partial charge in [0, 0.05) is 18.6 Å². The number of carbonyl (C=O) groups excluding carboxylic acids is 1. The van der Waals surface area contributed by atoms with Gasteiger partial charge in [0.25, 0.3) is 5.56 Å². The second kappa shape index (κ2) is 8.76. The first-order chi connectivity index (χ1) is 14.2. The van der Waals surface area contributed by atoms with Crippen molar-refractivity contribution in [1.29, 1.82) is 0 Å². The number of hydrogen-bond donors (Lipinski definition) is 1. The topological polar surface area (TPSA) is 86.1 Å². The average molecular weight is 418 g/mol. The standard InChI is InChI=1S/C20H17F3N4O3/c1-13(14-2-4-16(5-3-14)30-20(21,22)23)26-18(28)11-27-12-25-10-17(19(27)29)15-6-8-24-9-7-15/h2-10,12-13H,11H2,1H3,(H,26,28)/t13-/m0/s1. The zero-order chi connectivity index (χ0) is 21.7. The second-order valence-electron chi connectivity index (χ2n) is 6.38. The summed E-state index contributed by atoms with van der Waals surface area (Å²) in [7, 11) is 0. The molecule has 0 aliphatic rings. The van der Waals surface area contributed by atoms with Gasteiger partial charge >= 0.3 is 6.36 Å². The highest BCUT2D eigenvalue weighted by molar-refractivity contribution is 5.76. The summed E-state index contributed by atoms with van der Waals surface area (Å²) in [5.74, 6) is -0.802. The number of nitrogens with zero attached hydrogens (tertiary/aromatic N) is 3. The van der Waals surface area contributed by atoms with Crippen molar-refractivity contribution in [2.24, 2.45) is 0 Å². The zero-order valence-electron chi connectivity index (χ0n) is 15.8. The Labute approximate surface area is 169 Å². The van der Waals surface area contributed by atoms with Crippen LogP contribution in [0.15, 0.2) is 66.1 Å². The third-order valence-corrected chi connectivity index (χ3v) is 4.20. The highest BCUT2D eigenvalue weighted by Gasteiger charge is 2.31. The first-order valence-corrected chi connectivity index (χ1v) is 8.83. The minimum Gasteiger partial charge on any atom is -0.406 e. The van der Waals surface area contributed by atoms with Crippen molar-refractivity contribution >= 4 is 5.91 Å². The number of hydrogen-bond acceptors (Lipinski definition) is 5. The summed E-state index contributed by atoms with van der Waals surface area (Å²) < 4.78 is 41.7. The summed E-state index contributed by atoms with van der Waals surface area (Å²) in [5.41, 5.74) is 1.16. The summed E-state index contributed by atoms with van der Waals surface area (Å²) in [5, 5.41) is 2.70. The Kier molecular flexibility index (Phi) is 6.14. The molecule has 0 aliphatic heterocycles. The molecular weight excluding hydrogens is 401 g/mol. The van der Waals surface area contributed by atoms with Gasteiger partial charge in [0.2, 0.25) is 5.91 Å². The number of ether oxygens (including phenoxy) is 1. The molecule has 10 heteroatoms. The number of pyridine rings is 1. The predicted octanol–water partition coefficient (Wildman–Crippen LogP) is 3.08. The van der Waals surface area contributed by atoms with Crippen molar-refractivity contribution in [2.75, 3.05) is 0 Å². The maximum Gasteiger partial charge on any atom is 0.573 e. The molecule has 0 bridgehead atoms. The Morgan fingerprint density at radius 2 is 1.80 bits per heavy atom. The molecule has 0 spiro atoms. The minimum atomic E-state index is -4.77. The van der Waals surface area contributed by atoms with E-state index < -0.39 is 18.3 Å². The Bertz CT molecular complexity index is 1070. The van der Waals surface area contributed by atoms with Crippen LogP contribution in [-0.4, -0.2) is 26.8 Å². The van der Waals surface area contributed by atoms with E-state index in [-0.39, 0.29) is 17.9 Å². The van der Waals surface area contributed by atoms with Crippen LogP contribution in [0.25, 0.3) is 11.1 Å². The van der Waals surface area contributed by atoms with Crippen LogP contribution in [0.3, 0.4) is 0 Å². The predicted molar refractivity (Wildman–Crippen MR) is 101 cm³/mol. The fraction of sp³-hybridized carbons (Fsp3) is 0.200. The van der Waals surface area contributed by atoms with Gasteiger partial charge < -0.3 is 10.1 Å². The number of halogens is 3. The van der Waals surface area contributed by atoms with E-state index >= 15 is 0 Å². The van der Waals surface area contributed by atoms with E-state index in [9.17, 15) is 22.8 Å². The van der Waals surface area contributed by atoms with Crippen LogP contribution in [0.4, 0.5) is 13.2 Å².